The second-order valence-corrected chi connectivity index (χ2v) is 3.43. The maximum absolute atomic E-state index is 13.1. The fourth-order valence-corrected chi connectivity index (χ4v) is 1.62. The standard InChI is InChI=1S/C12H11FN2O/c1-2-10-12(15-11(7-16)14-10)8-4-3-5-9(13)6-8/h3-7H,2H2,1H3,(H,14,15). The van der Waals surface area contributed by atoms with Gasteiger partial charge in [0.1, 0.15) is 5.82 Å². The molecule has 16 heavy (non-hydrogen) atoms. The molecule has 3 nitrogen and oxygen atoms in total. The molecule has 0 atom stereocenters. The Morgan fingerprint density at radius 2 is 2.31 bits per heavy atom. The van der Waals surface area contributed by atoms with E-state index in [2.05, 4.69) is 9.97 Å². The number of imidazole rings is 1. The first-order valence-corrected chi connectivity index (χ1v) is 5.04. The van der Waals surface area contributed by atoms with Gasteiger partial charge in [-0.15, -0.1) is 0 Å². The zero-order valence-electron chi connectivity index (χ0n) is 8.83. The third-order valence-corrected chi connectivity index (χ3v) is 2.36. The number of aromatic nitrogens is 2. The number of hydrogen-bond donors (Lipinski definition) is 1. The lowest BCUT2D eigenvalue weighted by Crippen LogP contribution is -1.86. The van der Waals surface area contributed by atoms with Gasteiger partial charge < -0.3 is 4.98 Å². The van der Waals surface area contributed by atoms with Crippen LogP contribution in [0.4, 0.5) is 4.39 Å². The van der Waals surface area contributed by atoms with Gasteiger partial charge >= 0.3 is 0 Å². The molecule has 2 aromatic rings. The lowest BCUT2D eigenvalue weighted by Gasteiger charge is -1.99. The van der Waals surface area contributed by atoms with Crippen molar-refractivity contribution in [3.63, 3.8) is 0 Å². The minimum Gasteiger partial charge on any atom is -0.339 e. The summed E-state index contributed by atoms with van der Waals surface area (Å²) in [6.45, 7) is 1.95. The van der Waals surface area contributed by atoms with Gasteiger partial charge in [0.15, 0.2) is 12.1 Å². The largest absolute Gasteiger partial charge is 0.339 e. The predicted octanol–water partition coefficient (Wildman–Crippen LogP) is 2.59. The first kappa shape index (κ1) is 10.5. The Kier molecular flexibility index (Phi) is 2.81. The summed E-state index contributed by atoms with van der Waals surface area (Å²) >= 11 is 0. The molecule has 0 unspecified atom stereocenters. The zero-order chi connectivity index (χ0) is 11.5. The molecule has 2 rings (SSSR count). The maximum Gasteiger partial charge on any atom is 0.185 e. The van der Waals surface area contributed by atoms with E-state index in [9.17, 15) is 9.18 Å². The van der Waals surface area contributed by atoms with Gasteiger partial charge in [-0.1, -0.05) is 19.1 Å². The van der Waals surface area contributed by atoms with Gasteiger partial charge in [0.25, 0.3) is 0 Å². The molecule has 0 aliphatic heterocycles. The summed E-state index contributed by atoms with van der Waals surface area (Å²) in [6, 6.07) is 6.18. The second-order valence-electron chi connectivity index (χ2n) is 3.43. The van der Waals surface area contributed by atoms with Crippen molar-refractivity contribution < 1.29 is 9.18 Å². The molecule has 0 aliphatic rings. The average Bonchev–Trinajstić information content (AvgIpc) is 2.72. The van der Waals surface area contributed by atoms with Crippen molar-refractivity contribution in [1.82, 2.24) is 9.97 Å². The summed E-state index contributed by atoms with van der Waals surface area (Å²) in [7, 11) is 0. The van der Waals surface area contributed by atoms with Crippen LogP contribution in [0.3, 0.4) is 0 Å². The second kappa shape index (κ2) is 4.26. The van der Waals surface area contributed by atoms with Gasteiger partial charge in [0.2, 0.25) is 0 Å². The molecule has 0 fully saturated rings. The quantitative estimate of drug-likeness (QED) is 0.805. The summed E-state index contributed by atoms with van der Waals surface area (Å²) in [4.78, 5) is 17.6. The van der Waals surface area contributed by atoms with Gasteiger partial charge in [0, 0.05) is 11.3 Å². The summed E-state index contributed by atoms with van der Waals surface area (Å²) in [5.41, 5.74) is 2.16. The molecule has 1 aromatic heterocycles. The molecule has 0 bridgehead atoms. The number of benzene rings is 1. The van der Waals surface area contributed by atoms with E-state index in [1.54, 1.807) is 12.1 Å². The van der Waals surface area contributed by atoms with Crippen molar-refractivity contribution in [2.24, 2.45) is 0 Å². The number of hydrogen-bond acceptors (Lipinski definition) is 2. The highest BCUT2D eigenvalue weighted by Crippen LogP contribution is 2.22. The Morgan fingerprint density at radius 3 is 2.94 bits per heavy atom. The van der Waals surface area contributed by atoms with Crippen molar-refractivity contribution in [1.29, 1.82) is 0 Å². The molecule has 0 amide bonds. The monoisotopic (exact) mass is 218 g/mol. The van der Waals surface area contributed by atoms with Crippen LogP contribution in [0.2, 0.25) is 0 Å². The Labute approximate surface area is 92.3 Å². The van der Waals surface area contributed by atoms with E-state index in [1.807, 2.05) is 6.92 Å². The summed E-state index contributed by atoms with van der Waals surface area (Å²) < 4.78 is 13.1. The first-order valence-electron chi connectivity index (χ1n) is 5.04. The molecule has 1 aromatic carbocycles. The smallest absolute Gasteiger partial charge is 0.185 e. The predicted molar refractivity (Wildman–Crippen MR) is 58.7 cm³/mol. The van der Waals surface area contributed by atoms with Crippen LogP contribution in [-0.4, -0.2) is 16.3 Å². The molecule has 4 heteroatoms. The maximum atomic E-state index is 13.1. The molecule has 0 saturated heterocycles. The van der Waals surface area contributed by atoms with Gasteiger partial charge in [0.05, 0.1) is 5.69 Å². The Hall–Kier alpha value is -1.97. The highest BCUT2D eigenvalue weighted by atomic mass is 19.1. The SMILES string of the molecule is CCc1[nH]c(C=O)nc1-c1cccc(F)c1. The van der Waals surface area contributed by atoms with Crippen LogP contribution in [-0.2, 0) is 6.42 Å². The molecule has 82 valence electrons. The lowest BCUT2D eigenvalue weighted by atomic mass is 10.1. The highest BCUT2D eigenvalue weighted by Gasteiger charge is 2.10. The van der Waals surface area contributed by atoms with Crippen LogP contribution in [0.5, 0.6) is 0 Å². The Bertz CT molecular complexity index is 519. The average molecular weight is 218 g/mol. The molecule has 0 saturated carbocycles. The van der Waals surface area contributed by atoms with Crippen molar-refractivity contribution in [3.8, 4) is 11.3 Å². The Morgan fingerprint density at radius 1 is 1.50 bits per heavy atom. The normalized spacial score (nSPS) is 10.4. The molecular weight excluding hydrogens is 207 g/mol. The fourth-order valence-electron chi connectivity index (χ4n) is 1.62. The third-order valence-electron chi connectivity index (χ3n) is 2.36. The molecule has 0 aliphatic carbocycles. The van der Waals surface area contributed by atoms with E-state index in [1.165, 1.54) is 12.1 Å². The highest BCUT2D eigenvalue weighted by molar-refractivity contribution is 5.73. The number of nitrogens with zero attached hydrogens (tertiary/aromatic N) is 1. The number of aldehydes is 1. The van der Waals surface area contributed by atoms with E-state index in [-0.39, 0.29) is 11.6 Å². The van der Waals surface area contributed by atoms with Crippen LogP contribution in [0.15, 0.2) is 24.3 Å². The number of aromatic amines is 1. The Balaban J connectivity index is 2.54. The first-order chi connectivity index (χ1) is 7.74. The van der Waals surface area contributed by atoms with Crippen LogP contribution < -0.4 is 0 Å². The fraction of sp³-hybridized carbons (Fsp3) is 0.167. The van der Waals surface area contributed by atoms with E-state index in [0.29, 0.717) is 24.0 Å². The van der Waals surface area contributed by atoms with E-state index < -0.39 is 0 Å². The summed E-state index contributed by atoms with van der Waals surface area (Å²) in [5.74, 6) is -0.0358. The van der Waals surface area contributed by atoms with Gasteiger partial charge in [-0.05, 0) is 18.6 Å². The number of halogens is 1. The van der Waals surface area contributed by atoms with Crippen LogP contribution in [0.1, 0.15) is 23.2 Å². The van der Waals surface area contributed by atoms with E-state index in [0.717, 1.165) is 5.69 Å². The molecule has 0 radical (unpaired) electrons. The third kappa shape index (κ3) is 1.86. The van der Waals surface area contributed by atoms with E-state index >= 15 is 0 Å². The van der Waals surface area contributed by atoms with Gasteiger partial charge in [-0.25, -0.2) is 9.37 Å². The summed E-state index contributed by atoms with van der Waals surface area (Å²) in [6.07, 6.45) is 1.37. The van der Waals surface area contributed by atoms with Gasteiger partial charge in [-0.2, -0.15) is 0 Å². The molecule has 0 spiro atoms. The van der Waals surface area contributed by atoms with Crippen molar-refractivity contribution >= 4 is 6.29 Å². The molecule has 1 N–H and O–H groups in total. The van der Waals surface area contributed by atoms with Crippen LogP contribution >= 0.6 is 0 Å². The zero-order valence-corrected chi connectivity index (χ0v) is 8.83. The van der Waals surface area contributed by atoms with E-state index in [4.69, 9.17) is 0 Å². The minimum atomic E-state index is -0.310. The van der Waals surface area contributed by atoms with Crippen LogP contribution in [0, 0.1) is 5.82 Å². The number of carbonyl (C=O) groups excluding carboxylic acids is 1. The van der Waals surface area contributed by atoms with Crippen LogP contribution in [0.25, 0.3) is 11.3 Å². The lowest BCUT2D eigenvalue weighted by molar-refractivity contribution is 0.111. The van der Waals surface area contributed by atoms with Crippen molar-refractivity contribution in [2.45, 2.75) is 13.3 Å². The number of carbonyl (C=O) groups is 1. The number of rotatable bonds is 3. The van der Waals surface area contributed by atoms with Crippen molar-refractivity contribution in [2.75, 3.05) is 0 Å². The summed E-state index contributed by atoms with van der Waals surface area (Å²) in [5, 5.41) is 0. The minimum absolute atomic E-state index is 0.274. The number of aryl methyl sites for hydroxylation is 1. The van der Waals surface area contributed by atoms with Gasteiger partial charge in [-0.3, -0.25) is 4.79 Å². The molecule has 1 heterocycles. The van der Waals surface area contributed by atoms with Crippen molar-refractivity contribution in [3.05, 3.63) is 41.6 Å². The molecular formula is C12H11FN2O. The topological polar surface area (TPSA) is 45.8 Å². The number of nitrogens with one attached hydrogen (secondary N) is 1. The number of H-pyrrole nitrogens is 1.